The van der Waals surface area contributed by atoms with Crippen LogP contribution in [0, 0.1) is 5.82 Å². The Morgan fingerprint density at radius 2 is 1.61 bits per heavy atom. The smallest absolute Gasteiger partial charge is 0.196 e. The van der Waals surface area contributed by atoms with Gasteiger partial charge in [-0.05, 0) is 61.0 Å². The molecule has 0 spiro atoms. The average Bonchev–Trinajstić information content (AvgIpc) is 3.13. The normalized spacial score (nSPS) is 12.1. The number of benzene rings is 2. The van der Waals surface area contributed by atoms with E-state index < -0.39 is 0 Å². The molecule has 7 heteroatoms. The van der Waals surface area contributed by atoms with Gasteiger partial charge < -0.3 is 0 Å². The summed E-state index contributed by atoms with van der Waals surface area (Å²) in [5.74, 6) is 0.476. The number of hydrogen-bond donors (Lipinski definition) is 0. The molecule has 0 unspecified atom stereocenters. The van der Waals surface area contributed by atoms with Crippen LogP contribution in [0.3, 0.4) is 0 Å². The second-order valence-electron chi connectivity index (χ2n) is 6.17. The number of rotatable bonds is 5. The van der Waals surface area contributed by atoms with Gasteiger partial charge in [0.25, 0.3) is 0 Å². The Labute approximate surface area is 171 Å². The van der Waals surface area contributed by atoms with Gasteiger partial charge in [0.1, 0.15) is 5.82 Å². The van der Waals surface area contributed by atoms with Crippen molar-refractivity contribution in [2.45, 2.75) is 17.3 Å². The molecule has 4 nitrogen and oxygen atoms in total. The minimum absolute atomic E-state index is 0.0705. The molecule has 0 aliphatic carbocycles. The van der Waals surface area contributed by atoms with Gasteiger partial charge in [-0.3, -0.25) is 9.55 Å². The Hall–Kier alpha value is -2.70. The first-order valence-corrected chi connectivity index (χ1v) is 9.91. The molecular formula is C21H16ClFN4S. The first-order valence-electron chi connectivity index (χ1n) is 8.65. The highest BCUT2D eigenvalue weighted by molar-refractivity contribution is 7.99. The van der Waals surface area contributed by atoms with Gasteiger partial charge in [-0.1, -0.05) is 35.5 Å². The molecule has 4 rings (SSSR count). The Morgan fingerprint density at radius 3 is 2.29 bits per heavy atom. The molecule has 0 fully saturated rings. The molecular weight excluding hydrogens is 395 g/mol. The van der Waals surface area contributed by atoms with Crippen LogP contribution in [0.2, 0.25) is 5.02 Å². The molecule has 0 amide bonds. The second-order valence-corrected chi connectivity index (χ2v) is 7.91. The molecule has 0 aliphatic heterocycles. The number of thioether (sulfide) groups is 1. The van der Waals surface area contributed by atoms with E-state index in [0.29, 0.717) is 5.02 Å². The molecule has 2 heterocycles. The number of hydrogen-bond acceptors (Lipinski definition) is 4. The van der Waals surface area contributed by atoms with Crippen molar-refractivity contribution in [1.82, 2.24) is 19.7 Å². The standard InChI is InChI=1S/C21H16ClFN4S/c1-14(15-2-6-18(23)7-3-15)28-21-26-25-20(16-10-12-24-13-11-16)27(21)19-8-4-17(22)5-9-19/h2-14H,1H3/t14-/m1/s1. The lowest BCUT2D eigenvalue weighted by Crippen LogP contribution is -2.01. The van der Waals surface area contributed by atoms with E-state index in [9.17, 15) is 4.39 Å². The quantitative estimate of drug-likeness (QED) is 0.380. The van der Waals surface area contributed by atoms with Gasteiger partial charge in [0, 0.05) is 33.9 Å². The maximum absolute atomic E-state index is 13.2. The van der Waals surface area contributed by atoms with Crippen LogP contribution in [-0.4, -0.2) is 19.7 Å². The summed E-state index contributed by atoms with van der Waals surface area (Å²) in [5, 5.41) is 10.3. The zero-order valence-corrected chi connectivity index (χ0v) is 16.5. The van der Waals surface area contributed by atoms with Crippen LogP contribution in [0.4, 0.5) is 4.39 Å². The van der Waals surface area contributed by atoms with Gasteiger partial charge in [-0.25, -0.2) is 4.39 Å². The minimum Gasteiger partial charge on any atom is -0.270 e. The summed E-state index contributed by atoms with van der Waals surface area (Å²) in [5.41, 5.74) is 2.84. The number of aromatic nitrogens is 4. The summed E-state index contributed by atoms with van der Waals surface area (Å²) in [6.45, 7) is 2.06. The molecule has 0 saturated carbocycles. The van der Waals surface area contributed by atoms with E-state index in [4.69, 9.17) is 11.6 Å². The zero-order valence-electron chi connectivity index (χ0n) is 15.0. The SMILES string of the molecule is C[C@@H](Sc1nnc(-c2ccncc2)n1-c1ccc(Cl)cc1)c1ccc(F)cc1. The highest BCUT2D eigenvalue weighted by Gasteiger charge is 2.19. The van der Waals surface area contributed by atoms with E-state index in [1.165, 1.54) is 12.1 Å². The predicted molar refractivity (Wildman–Crippen MR) is 110 cm³/mol. The monoisotopic (exact) mass is 410 g/mol. The summed E-state index contributed by atoms with van der Waals surface area (Å²) >= 11 is 7.62. The van der Waals surface area contributed by atoms with Crippen molar-refractivity contribution in [2.24, 2.45) is 0 Å². The number of halogens is 2. The summed E-state index contributed by atoms with van der Waals surface area (Å²) < 4.78 is 15.2. The maximum Gasteiger partial charge on any atom is 0.196 e. The fraction of sp³-hybridized carbons (Fsp3) is 0.0952. The molecule has 0 aliphatic rings. The number of pyridine rings is 1. The minimum atomic E-state index is -0.245. The molecule has 0 N–H and O–H groups in total. The lowest BCUT2D eigenvalue weighted by Gasteiger charge is -2.14. The lowest BCUT2D eigenvalue weighted by molar-refractivity contribution is 0.627. The second kappa shape index (κ2) is 8.12. The third-order valence-electron chi connectivity index (χ3n) is 4.28. The van der Waals surface area contributed by atoms with Gasteiger partial charge >= 0.3 is 0 Å². The molecule has 0 saturated heterocycles. The van der Waals surface area contributed by atoms with E-state index in [1.807, 2.05) is 41.0 Å². The van der Waals surface area contributed by atoms with Crippen LogP contribution in [0.1, 0.15) is 17.7 Å². The van der Waals surface area contributed by atoms with E-state index >= 15 is 0 Å². The third-order valence-corrected chi connectivity index (χ3v) is 5.63. The molecule has 0 radical (unpaired) electrons. The van der Waals surface area contributed by atoms with Gasteiger partial charge in [0.2, 0.25) is 0 Å². The summed E-state index contributed by atoms with van der Waals surface area (Å²) in [6.07, 6.45) is 3.45. The van der Waals surface area contributed by atoms with Crippen LogP contribution in [-0.2, 0) is 0 Å². The highest BCUT2D eigenvalue weighted by atomic mass is 35.5. The van der Waals surface area contributed by atoms with Crippen molar-refractivity contribution in [3.63, 3.8) is 0 Å². The predicted octanol–water partition coefficient (Wildman–Crippen LogP) is 5.98. The zero-order chi connectivity index (χ0) is 19.5. The molecule has 140 valence electrons. The van der Waals surface area contributed by atoms with Crippen molar-refractivity contribution in [2.75, 3.05) is 0 Å². The van der Waals surface area contributed by atoms with E-state index in [0.717, 1.165) is 27.8 Å². The fourth-order valence-electron chi connectivity index (χ4n) is 2.82. The molecule has 0 bridgehead atoms. The van der Waals surface area contributed by atoms with Crippen LogP contribution in [0.15, 0.2) is 78.2 Å². The average molecular weight is 411 g/mol. The summed E-state index contributed by atoms with van der Waals surface area (Å²) in [4.78, 5) is 4.08. The molecule has 2 aromatic heterocycles. The Bertz CT molecular complexity index is 1070. The first kappa shape index (κ1) is 18.7. The van der Waals surface area contributed by atoms with E-state index in [2.05, 4.69) is 22.1 Å². The van der Waals surface area contributed by atoms with E-state index in [-0.39, 0.29) is 11.1 Å². The summed E-state index contributed by atoms with van der Waals surface area (Å²) in [6, 6.07) is 17.9. The van der Waals surface area contributed by atoms with Crippen molar-refractivity contribution in [3.8, 4) is 17.1 Å². The van der Waals surface area contributed by atoms with Crippen molar-refractivity contribution >= 4 is 23.4 Å². The van der Waals surface area contributed by atoms with Crippen LogP contribution < -0.4 is 0 Å². The first-order chi connectivity index (χ1) is 13.6. The summed E-state index contributed by atoms with van der Waals surface area (Å²) in [7, 11) is 0. The largest absolute Gasteiger partial charge is 0.270 e. The highest BCUT2D eigenvalue weighted by Crippen LogP contribution is 2.37. The van der Waals surface area contributed by atoms with Gasteiger partial charge in [0.15, 0.2) is 11.0 Å². The topological polar surface area (TPSA) is 43.6 Å². The Kier molecular flexibility index (Phi) is 5.41. The Balaban J connectivity index is 1.75. The maximum atomic E-state index is 13.2. The van der Waals surface area contributed by atoms with Crippen molar-refractivity contribution in [3.05, 3.63) is 89.5 Å². The van der Waals surface area contributed by atoms with Gasteiger partial charge in [-0.2, -0.15) is 0 Å². The fourth-order valence-corrected chi connectivity index (χ4v) is 3.94. The van der Waals surface area contributed by atoms with Gasteiger partial charge in [0.05, 0.1) is 0 Å². The number of nitrogens with zero attached hydrogens (tertiary/aromatic N) is 4. The molecule has 2 aromatic carbocycles. The van der Waals surface area contributed by atoms with Crippen LogP contribution >= 0.6 is 23.4 Å². The van der Waals surface area contributed by atoms with Crippen LogP contribution in [0.5, 0.6) is 0 Å². The molecule has 1 atom stereocenters. The van der Waals surface area contributed by atoms with E-state index in [1.54, 1.807) is 36.3 Å². The molecule has 28 heavy (non-hydrogen) atoms. The van der Waals surface area contributed by atoms with Crippen molar-refractivity contribution < 1.29 is 4.39 Å². The Morgan fingerprint density at radius 1 is 0.929 bits per heavy atom. The van der Waals surface area contributed by atoms with Crippen molar-refractivity contribution in [1.29, 1.82) is 0 Å². The van der Waals surface area contributed by atoms with Gasteiger partial charge in [-0.15, -0.1) is 10.2 Å². The third kappa shape index (κ3) is 3.93. The molecule has 4 aromatic rings. The van der Waals surface area contributed by atoms with Crippen LogP contribution in [0.25, 0.3) is 17.1 Å². The lowest BCUT2D eigenvalue weighted by atomic mass is 10.2.